The van der Waals surface area contributed by atoms with E-state index >= 15 is 0 Å². The van der Waals surface area contributed by atoms with Gasteiger partial charge in [0, 0.05) is 35.4 Å². The Morgan fingerprint density at radius 1 is 1.73 bits per heavy atom. The number of likely N-dealkylation sites (tertiary alicyclic amines) is 1. The number of carbonyl (C=O) groups excluding carboxylic acids is 1. The fourth-order valence-electron chi connectivity index (χ4n) is 1.38. The lowest BCUT2D eigenvalue weighted by Gasteiger charge is -2.15. The Hall–Kier alpha value is -1.06. The molecule has 7 heteroatoms. The van der Waals surface area contributed by atoms with Crippen molar-refractivity contribution in [1.82, 2.24) is 4.90 Å². The Balaban J connectivity index is 2.88. The Morgan fingerprint density at radius 3 is 2.73 bits per heavy atom. The second kappa shape index (κ2) is 4.21. The second-order valence-electron chi connectivity index (χ2n) is 3.22. The molecule has 0 N–H and O–H groups in total. The van der Waals surface area contributed by atoms with Gasteiger partial charge in [0.05, 0.1) is 6.07 Å². The van der Waals surface area contributed by atoms with E-state index in [0.29, 0.717) is 5.70 Å². The Kier molecular flexibility index (Phi) is 3.37. The van der Waals surface area contributed by atoms with Crippen LogP contribution in [0.2, 0.25) is 0 Å². The number of carbonyl (C=O) groups is 1. The molecule has 1 rings (SSSR count). The number of hydrogen-bond acceptors (Lipinski definition) is 4. The maximum Gasteiger partial charge on any atom is 0.237 e. The van der Waals surface area contributed by atoms with Crippen molar-refractivity contribution >= 4 is 25.6 Å². The molecule has 1 aliphatic rings. The molecule has 0 aromatic rings. The molecular weight excluding hydrogens is 240 g/mol. The van der Waals surface area contributed by atoms with Gasteiger partial charge in [-0.05, 0) is 6.92 Å². The zero-order valence-corrected chi connectivity index (χ0v) is 9.55. The lowest BCUT2D eigenvalue weighted by Crippen LogP contribution is -2.25. The molecule has 1 fully saturated rings. The van der Waals surface area contributed by atoms with Gasteiger partial charge in [0.15, 0.2) is 0 Å². The van der Waals surface area contributed by atoms with E-state index in [1.165, 1.54) is 11.0 Å². The van der Waals surface area contributed by atoms with Gasteiger partial charge in [-0.1, -0.05) is 0 Å². The van der Waals surface area contributed by atoms with Crippen LogP contribution < -0.4 is 0 Å². The lowest BCUT2D eigenvalue weighted by molar-refractivity contribution is -0.126. The van der Waals surface area contributed by atoms with Gasteiger partial charge in [-0.3, -0.25) is 4.79 Å². The Bertz CT molecular complexity index is 449. The van der Waals surface area contributed by atoms with Crippen LogP contribution in [0.3, 0.4) is 0 Å². The summed E-state index contributed by atoms with van der Waals surface area (Å²) in [5, 5.41) is 7.52. The first-order valence-corrected chi connectivity index (χ1v) is 6.53. The highest BCUT2D eigenvalue weighted by molar-refractivity contribution is 8.14. The highest BCUT2D eigenvalue weighted by Crippen LogP contribution is 2.23. The minimum absolute atomic E-state index is 0.0225. The van der Waals surface area contributed by atoms with Gasteiger partial charge in [-0.2, -0.15) is 5.26 Å². The predicted molar refractivity (Wildman–Crippen MR) is 54.3 cm³/mol. The van der Waals surface area contributed by atoms with E-state index in [1.54, 1.807) is 13.0 Å². The van der Waals surface area contributed by atoms with Gasteiger partial charge >= 0.3 is 0 Å². The highest BCUT2D eigenvalue weighted by Gasteiger charge is 2.37. The number of nitrogens with zero attached hydrogens (tertiary/aromatic N) is 2. The zero-order valence-electron chi connectivity index (χ0n) is 7.97. The van der Waals surface area contributed by atoms with Gasteiger partial charge in [0.1, 0.15) is 5.25 Å². The first-order chi connectivity index (χ1) is 6.86. The van der Waals surface area contributed by atoms with E-state index in [9.17, 15) is 13.2 Å². The summed E-state index contributed by atoms with van der Waals surface area (Å²) in [6.07, 6.45) is 1.07. The molecule has 0 radical (unpaired) electrons. The molecule has 0 aromatic carbocycles. The first-order valence-electron chi connectivity index (χ1n) is 4.16. The number of halogens is 1. The third-order valence-corrected chi connectivity index (χ3v) is 4.05. The molecule has 0 saturated carbocycles. The average Bonchev–Trinajstić information content (AvgIpc) is 2.47. The van der Waals surface area contributed by atoms with E-state index in [1.807, 2.05) is 0 Å². The van der Waals surface area contributed by atoms with Gasteiger partial charge < -0.3 is 4.90 Å². The summed E-state index contributed by atoms with van der Waals surface area (Å²) in [4.78, 5) is 12.7. The summed E-state index contributed by atoms with van der Waals surface area (Å²) < 4.78 is 22.0. The molecule has 0 aliphatic carbocycles. The number of rotatable bonds is 2. The van der Waals surface area contributed by atoms with Gasteiger partial charge in [-0.25, -0.2) is 8.42 Å². The van der Waals surface area contributed by atoms with Crippen LogP contribution in [0.15, 0.2) is 11.8 Å². The largest absolute Gasteiger partial charge is 0.314 e. The van der Waals surface area contributed by atoms with Crippen LogP contribution in [0.1, 0.15) is 13.3 Å². The fourth-order valence-corrected chi connectivity index (χ4v) is 2.40. The van der Waals surface area contributed by atoms with Gasteiger partial charge in [-0.15, -0.1) is 0 Å². The highest BCUT2D eigenvalue weighted by atomic mass is 35.7. The maximum absolute atomic E-state index is 11.4. The van der Waals surface area contributed by atoms with E-state index in [0.717, 1.165) is 0 Å². The molecule has 1 atom stereocenters. The smallest absolute Gasteiger partial charge is 0.237 e. The van der Waals surface area contributed by atoms with Crippen LogP contribution in [0.4, 0.5) is 0 Å². The summed E-state index contributed by atoms with van der Waals surface area (Å²) >= 11 is 0. The summed E-state index contributed by atoms with van der Waals surface area (Å²) in [5.41, 5.74) is 0.435. The van der Waals surface area contributed by atoms with Crippen LogP contribution in [-0.4, -0.2) is 31.0 Å². The summed E-state index contributed by atoms with van der Waals surface area (Å²) in [7, 11) is 1.44. The van der Waals surface area contributed by atoms with Crippen molar-refractivity contribution in [3.63, 3.8) is 0 Å². The molecule has 1 saturated heterocycles. The fraction of sp³-hybridized carbons (Fsp3) is 0.500. The van der Waals surface area contributed by atoms with Crippen LogP contribution in [-0.2, 0) is 13.8 Å². The topological polar surface area (TPSA) is 78.2 Å². The summed E-state index contributed by atoms with van der Waals surface area (Å²) in [5.74, 6) is -0.326. The molecule has 1 unspecified atom stereocenters. The maximum atomic E-state index is 11.4. The van der Waals surface area contributed by atoms with Crippen LogP contribution in [0.5, 0.6) is 0 Å². The van der Waals surface area contributed by atoms with E-state index in [4.69, 9.17) is 15.9 Å². The van der Waals surface area contributed by atoms with Crippen molar-refractivity contribution in [3.8, 4) is 6.07 Å². The van der Waals surface area contributed by atoms with E-state index < -0.39 is 14.3 Å². The van der Waals surface area contributed by atoms with Crippen LogP contribution in [0, 0.1) is 11.3 Å². The number of nitriles is 1. The number of hydrogen-bond donors (Lipinski definition) is 0. The van der Waals surface area contributed by atoms with Crippen molar-refractivity contribution in [1.29, 1.82) is 5.26 Å². The van der Waals surface area contributed by atoms with Crippen molar-refractivity contribution in [2.24, 2.45) is 0 Å². The molecular formula is C8H9ClN2O3S. The van der Waals surface area contributed by atoms with Crippen molar-refractivity contribution in [3.05, 3.63) is 11.8 Å². The minimum atomic E-state index is -3.72. The van der Waals surface area contributed by atoms with E-state index in [-0.39, 0.29) is 18.9 Å². The number of allylic oxidation sites excluding steroid dienone is 2. The molecule has 0 aromatic heterocycles. The molecule has 82 valence electrons. The lowest BCUT2D eigenvalue weighted by atomic mass is 10.4. The van der Waals surface area contributed by atoms with Crippen LogP contribution >= 0.6 is 10.7 Å². The molecule has 1 heterocycles. The Morgan fingerprint density at radius 2 is 2.33 bits per heavy atom. The third kappa shape index (κ3) is 2.70. The predicted octanol–water partition coefficient (Wildman–Crippen LogP) is 0.583. The molecule has 5 nitrogen and oxygen atoms in total. The molecule has 0 bridgehead atoms. The molecule has 15 heavy (non-hydrogen) atoms. The number of amides is 1. The zero-order chi connectivity index (χ0) is 11.6. The quantitative estimate of drug-likeness (QED) is 0.529. The molecule has 1 amide bonds. The van der Waals surface area contributed by atoms with Crippen molar-refractivity contribution in [2.75, 3.05) is 6.54 Å². The van der Waals surface area contributed by atoms with Crippen LogP contribution in [0.25, 0.3) is 0 Å². The SMILES string of the molecule is CC(=CC#N)N1CC(S(=O)(=O)Cl)CC1=O. The summed E-state index contributed by atoms with van der Waals surface area (Å²) in [6.45, 7) is 1.60. The molecule has 0 spiro atoms. The average molecular weight is 249 g/mol. The second-order valence-corrected chi connectivity index (χ2v) is 6.13. The third-order valence-electron chi connectivity index (χ3n) is 2.19. The summed E-state index contributed by atoms with van der Waals surface area (Å²) in [6, 6.07) is 1.78. The van der Waals surface area contributed by atoms with Crippen molar-refractivity contribution < 1.29 is 13.2 Å². The molecule has 1 aliphatic heterocycles. The first kappa shape index (κ1) is 12.0. The normalized spacial score (nSPS) is 23.0. The van der Waals surface area contributed by atoms with Gasteiger partial charge in [0.25, 0.3) is 0 Å². The Labute approximate surface area is 92.3 Å². The van der Waals surface area contributed by atoms with Gasteiger partial charge in [0.2, 0.25) is 15.0 Å². The van der Waals surface area contributed by atoms with E-state index in [2.05, 4.69) is 0 Å². The monoisotopic (exact) mass is 248 g/mol. The van der Waals surface area contributed by atoms with Crippen molar-refractivity contribution in [2.45, 2.75) is 18.6 Å². The minimum Gasteiger partial charge on any atom is -0.314 e. The standard InChI is InChI=1S/C8H9ClN2O3S/c1-6(2-3-10)11-5-7(4-8(11)12)15(9,13)14/h2,7H,4-5H2,1H3.